The lowest BCUT2D eigenvalue weighted by Crippen LogP contribution is -2.48. The van der Waals surface area contributed by atoms with Gasteiger partial charge in [0.25, 0.3) is 0 Å². The van der Waals surface area contributed by atoms with E-state index in [0.29, 0.717) is 29.0 Å². The molecule has 2 N–H and O–H groups in total. The summed E-state index contributed by atoms with van der Waals surface area (Å²) in [5.74, 6) is -1.72. The van der Waals surface area contributed by atoms with Crippen molar-refractivity contribution in [2.24, 2.45) is 0 Å². The van der Waals surface area contributed by atoms with Gasteiger partial charge in [-0.3, -0.25) is 4.79 Å². The van der Waals surface area contributed by atoms with Gasteiger partial charge in [0.15, 0.2) is 0 Å². The lowest BCUT2D eigenvalue weighted by Gasteiger charge is -2.39. The molecule has 0 aliphatic carbocycles. The zero-order valence-electron chi connectivity index (χ0n) is 16.9. The number of benzene rings is 2. The topological polar surface area (TPSA) is 61.8 Å². The van der Waals surface area contributed by atoms with E-state index in [9.17, 15) is 23.1 Å². The van der Waals surface area contributed by atoms with Gasteiger partial charge in [-0.1, -0.05) is 11.6 Å². The van der Waals surface area contributed by atoms with E-state index in [1.807, 2.05) is 0 Å². The quantitative estimate of drug-likeness (QED) is 0.674. The zero-order chi connectivity index (χ0) is 22.3. The molecule has 2 aromatic rings. The molecule has 2 aliphatic heterocycles. The molecule has 4 rings (SSSR count). The Morgan fingerprint density at radius 3 is 2.55 bits per heavy atom. The summed E-state index contributed by atoms with van der Waals surface area (Å²) < 4.78 is 48.1. The second-order valence-corrected chi connectivity index (χ2v) is 8.51. The van der Waals surface area contributed by atoms with Crippen LogP contribution in [0.1, 0.15) is 30.4 Å². The molecule has 0 radical (unpaired) electrons. The van der Waals surface area contributed by atoms with Gasteiger partial charge in [-0.05, 0) is 32.3 Å². The maximum atomic E-state index is 14.3. The molecule has 2 heterocycles. The van der Waals surface area contributed by atoms with Gasteiger partial charge in [0.2, 0.25) is 5.91 Å². The minimum atomic E-state index is -1.20. The minimum Gasteiger partial charge on any atom is -0.490 e. The first-order valence-electron chi connectivity index (χ1n) is 10.0. The number of anilines is 2. The molecule has 0 spiro atoms. The fourth-order valence-electron chi connectivity index (χ4n) is 4.04. The van der Waals surface area contributed by atoms with E-state index in [2.05, 4.69) is 5.32 Å². The van der Waals surface area contributed by atoms with Crippen LogP contribution in [0.15, 0.2) is 18.2 Å². The molecule has 1 fully saturated rings. The molecule has 0 saturated carbocycles. The monoisotopic (exact) mass is 454 g/mol. The molecule has 9 heteroatoms. The number of piperidine rings is 1. The van der Waals surface area contributed by atoms with Crippen molar-refractivity contribution in [3.63, 3.8) is 0 Å². The van der Waals surface area contributed by atoms with Crippen molar-refractivity contribution in [1.82, 2.24) is 0 Å². The first-order valence-corrected chi connectivity index (χ1v) is 10.4. The largest absolute Gasteiger partial charge is 0.490 e. The number of amides is 1. The van der Waals surface area contributed by atoms with E-state index >= 15 is 0 Å². The summed E-state index contributed by atoms with van der Waals surface area (Å²) in [5, 5.41) is 13.3. The summed E-state index contributed by atoms with van der Waals surface area (Å²) in [6.45, 7) is 2.08. The number of halogens is 4. The second kappa shape index (κ2) is 8.24. The van der Waals surface area contributed by atoms with Crippen molar-refractivity contribution in [2.75, 3.05) is 29.9 Å². The third-order valence-electron chi connectivity index (χ3n) is 5.98. The second-order valence-electron chi connectivity index (χ2n) is 8.10. The van der Waals surface area contributed by atoms with Gasteiger partial charge in [-0.25, -0.2) is 13.2 Å². The molecule has 5 nitrogen and oxygen atoms in total. The van der Waals surface area contributed by atoms with E-state index in [4.69, 9.17) is 16.3 Å². The van der Waals surface area contributed by atoms with Crippen LogP contribution in [0.3, 0.4) is 0 Å². The average Bonchev–Trinajstić information content (AvgIpc) is 2.73. The van der Waals surface area contributed by atoms with E-state index in [0.717, 1.165) is 12.1 Å². The van der Waals surface area contributed by atoms with Gasteiger partial charge in [-0.15, -0.1) is 0 Å². The Hall–Kier alpha value is -2.45. The van der Waals surface area contributed by atoms with Gasteiger partial charge < -0.3 is 20.1 Å². The Morgan fingerprint density at radius 2 is 1.84 bits per heavy atom. The van der Waals surface area contributed by atoms with Crippen LogP contribution in [-0.2, 0) is 11.2 Å². The van der Waals surface area contributed by atoms with Crippen LogP contribution in [-0.4, -0.2) is 36.3 Å². The van der Waals surface area contributed by atoms with Gasteiger partial charge in [0, 0.05) is 42.8 Å². The number of carbonyl (C=O) groups excluding carboxylic acids is 1. The number of rotatable bonds is 4. The van der Waals surface area contributed by atoms with Crippen LogP contribution in [0.5, 0.6) is 5.75 Å². The molecule has 0 aromatic heterocycles. The van der Waals surface area contributed by atoms with Crippen molar-refractivity contribution in [1.29, 1.82) is 0 Å². The Kier molecular flexibility index (Phi) is 5.79. The molecule has 0 unspecified atom stereocenters. The predicted octanol–water partition coefficient (Wildman–Crippen LogP) is 4.36. The van der Waals surface area contributed by atoms with Crippen molar-refractivity contribution in [3.05, 3.63) is 51.8 Å². The fraction of sp³-hybridized carbons (Fsp3) is 0.409. The van der Waals surface area contributed by atoms with Crippen LogP contribution in [0.2, 0.25) is 5.02 Å². The molecule has 1 amide bonds. The highest BCUT2D eigenvalue weighted by Gasteiger charge is 2.35. The van der Waals surface area contributed by atoms with Gasteiger partial charge in [0.05, 0.1) is 16.4 Å². The van der Waals surface area contributed by atoms with E-state index in [-0.39, 0.29) is 55.6 Å². The van der Waals surface area contributed by atoms with Crippen LogP contribution in [0, 0.1) is 24.4 Å². The number of fused-ring (bicyclic) bond motifs is 1. The zero-order valence-corrected chi connectivity index (χ0v) is 17.7. The Labute approximate surface area is 182 Å². The third-order valence-corrected chi connectivity index (χ3v) is 6.27. The normalized spacial score (nSPS) is 17.9. The summed E-state index contributed by atoms with van der Waals surface area (Å²) in [6, 6.07) is 3.26. The standard InChI is InChI=1S/C22H22ClF3N2O3/c1-12-15(24)10-19(13-2-3-20(29)27-21(12)13)31-11-22(30)4-6-28(7-5-22)18-9-16(25)14(23)8-17(18)26/h8-10,30H,2-7,11H2,1H3,(H,27,29). The number of aliphatic hydroxyl groups is 1. The Morgan fingerprint density at radius 1 is 1.13 bits per heavy atom. The number of hydrogen-bond acceptors (Lipinski definition) is 4. The molecule has 1 saturated heterocycles. The minimum absolute atomic E-state index is 0.0822. The first-order chi connectivity index (χ1) is 14.7. The number of hydrogen-bond donors (Lipinski definition) is 2. The smallest absolute Gasteiger partial charge is 0.224 e. The molecule has 2 aliphatic rings. The van der Waals surface area contributed by atoms with E-state index in [1.54, 1.807) is 11.8 Å². The highest BCUT2D eigenvalue weighted by molar-refractivity contribution is 6.30. The molecule has 31 heavy (non-hydrogen) atoms. The summed E-state index contributed by atoms with van der Waals surface area (Å²) in [5.41, 5.74) is 0.367. The molecule has 0 atom stereocenters. The van der Waals surface area contributed by atoms with Crippen molar-refractivity contribution in [3.8, 4) is 5.75 Å². The summed E-state index contributed by atoms with van der Waals surface area (Å²) in [7, 11) is 0. The summed E-state index contributed by atoms with van der Waals surface area (Å²) in [6.07, 6.45) is 1.20. The van der Waals surface area contributed by atoms with Crippen molar-refractivity contribution >= 4 is 28.9 Å². The molecule has 2 aromatic carbocycles. The number of nitrogens with one attached hydrogen (secondary N) is 1. The van der Waals surface area contributed by atoms with Crippen molar-refractivity contribution in [2.45, 2.75) is 38.2 Å². The van der Waals surface area contributed by atoms with Crippen LogP contribution < -0.4 is 15.0 Å². The van der Waals surface area contributed by atoms with Crippen LogP contribution >= 0.6 is 11.6 Å². The number of ether oxygens (including phenoxy) is 1. The molecular formula is C22H22ClF3N2O3. The van der Waals surface area contributed by atoms with Crippen molar-refractivity contribution < 1.29 is 27.8 Å². The van der Waals surface area contributed by atoms with Gasteiger partial charge in [0.1, 0.15) is 35.4 Å². The van der Waals surface area contributed by atoms with Crippen LogP contribution in [0.25, 0.3) is 0 Å². The highest BCUT2D eigenvalue weighted by Crippen LogP contribution is 2.37. The Balaban J connectivity index is 1.45. The van der Waals surface area contributed by atoms with Crippen LogP contribution in [0.4, 0.5) is 24.5 Å². The third kappa shape index (κ3) is 4.32. The number of nitrogens with zero attached hydrogens (tertiary/aromatic N) is 1. The SMILES string of the molecule is Cc1c(F)cc(OCC2(O)CCN(c3cc(F)c(Cl)cc3F)CC2)c2c1NC(=O)CC2. The molecule has 0 bridgehead atoms. The lowest BCUT2D eigenvalue weighted by molar-refractivity contribution is -0.116. The van der Waals surface area contributed by atoms with Gasteiger partial charge >= 0.3 is 0 Å². The maximum Gasteiger partial charge on any atom is 0.224 e. The lowest BCUT2D eigenvalue weighted by atomic mass is 9.91. The highest BCUT2D eigenvalue weighted by atomic mass is 35.5. The van der Waals surface area contributed by atoms with E-state index < -0.39 is 23.1 Å². The molecular weight excluding hydrogens is 433 g/mol. The first kappa shape index (κ1) is 21.8. The predicted molar refractivity (Wildman–Crippen MR) is 111 cm³/mol. The summed E-state index contributed by atoms with van der Waals surface area (Å²) >= 11 is 5.61. The Bertz CT molecular complexity index is 1040. The fourth-order valence-corrected chi connectivity index (χ4v) is 4.19. The van der Waals surface area contributed by atoms with E-state index in [1.165, 1.54) is 6.07 Å². The van der Waals surface area contributed by atoms with Gasteiger partial charge in [-0.2, -0.15) is 0 Å². The number of carbonyl (C=O) groups is 1. The maximum absolute atomic E-state index is 14.3. The summed E-state index contributed by atoms with van der Waals surface area (Å²) in [4.78, 5) is 13.3. The molecule has 166 valence electrons. The average molecular weight is 455 g/mol.